The van der Waals surface area contributed by atoms with E-state index in [2.05, 4.69) is 0 Å². The van der Waals surface area contributed by atoms with Crippen molar-refractivity contribution in [2.45, 2.75) is 89.8 Å². The van der Waals surface area contributed by atoms with Crippen LogP contribution in [0.4, 0.5) is 0 Å². The SMILES string of the molecule is O=C(O)CCCCCCCCCCCO[C@@H]1CCCCO1. The van der Waals surface area contributed by atoms with Gasteiger partial charge < -0.3 is 14.6 Å². The fraction of sp³-hybridized carbons (Fsp3) is 0.941. The first-order chi connectivity index (χ1) is 10.3. The van der Waals surface area contributed by atoms with Crippen LogP contribution in [0.5, 0.6) is 0 Å². The van der Waals surface area contributed by atoms with E-state index in [1.807, 2.05) is 0 Å². The lowest BCUT2D eigenvalue weighted by Crippen LogP contribution is -2.22. The molecule has 21 heavy (non-hydrogen) atoms. The van der Waals surface area contributed by atoms with Crippen molar-refractivity contribution in [1.82, 2.24) is 0 Å². The summed E-state index contributed by atoms with van der Waals surface area (Å²) in [5.74, 6) is -0.671. The Hall–Kier alpha value is -0.610. The first-order valence-corrected chi connectivity index (χ1v) is 8.74. The molecule has 1 rings (SSSR count). The molecule has 1 atom stereocenters. The van der Waals surface area contributed by atoms with Gasteiger partial charge in [-0.15, -0.1) is 0 Å². The number of carboxylic acids is 1. The summed E-state index contributed by atoms with van der Waals surface area (Å²) in [6.07, 6.45) is 14.4. The molecule has 1 fully saturated rings. The van der Waals surface area contributed by atoms with Gasteiger partial charge in [0.05, 0.1) is 0 Å². The van der Waals surface area contributed by atoms with Gasteiger partial charge in [0.1, 0.15) is 0 Å². The van der Waals surface area contributed by atoms with E-state index in [9.17, 15) is 4.79 Å². The van der Waals surface area contributed by atoms with E-state index < -0.39 is 5.97 Å². The normalized spacial score (nSPS) is 18.8. The second kappa shape index (κ2) is 13.1. The Morgan fingerprint density at radius 1 is 0.952 bits per heavy atom. The van der Waals surface area contributed by atoms with Crippen LogP contribution in [0.25, 0.3) is 0 Å². The molecule has 0 amide bonds. The molecule has 124 valence electrons. The van der Waals surface area contributed by atoms with E-state index in [4.69, 9.17) is 14.6 Å². The molecular formula is C17H32O4. The van der Waals surface area contributed by atoms with Crippen molar-refractivity contribution in [2.24, 2.45) is 0 Å². The topological polar surface area (TPSA) is 55.8 Å². The first kappa shape index (κ1) is 18.4. The Labute approximate surface area is 129 Å². The third kappa shape index (κ3) is 11.7. The van der Waals surface area contributed by atoms with Gasteiger partial charge >= 0.3 is 5.97 Å². The lowest BCUT2D eigenvalue weighted by atomic mass is 10.1. The van der Waals surface area contributed by atoms with Crippen LogP contribution in [0.2, 0.25) is 0 Å². The maximum absolute atomic E-state index is 10.3. The van der Waals surface area contributed by atoms with E-state index in [1.165, 1.54) is 51.4 Å². The van der Waals surface area contributed by atoms with Crippen LogP contribution in [0.3, 0.4) is 0 Å². The summed E-state index contributed by atoms with van der Waals surface area (Å²) in [4.78, 5) is 10.3. The predicted molar refractivity (Wildman–Crippen MR) is 83.3 cm³/mol. The summed E-state index contributed by atoms with van der Waals surface area (Å²) in [6, 6.07) is 0. The number of ether oxygens (including phenoxy) is 2. The molecular weight excluding hydrogens is 268 g/mol. The fourth-order valence-corrected chi connectivity index (χ4v) is 2.67. The highest BCUT2D eigenvalue weighted by Crippen LogP contribution is 2.15. The lowest BCUT2D eigenvalue weighted by molar-refractivity contribution is -0.162. The molecule has 1 N–H and O–H groups in total. The van der Waals surface area contributed by atoms with E-state index in [-0.39, 0.29) is 6.29 Å². The minimum atomic E-state index is -0.671. The molecule has 0 aliphatic carbocycles. The monoisotopic (exact) mass is 300 g/mol. The maximum atomic E-state index is 10.3. The average Bonchev–Trinajstić information content (AvgIpc) is 2.49. The molecule has 1 heterocycles. The highest BCUT2D eigenvalue weighted by Gasteiger charge is 2.13. The van der Waals surface area contributed by atoms with Gasteiger partial charge in [0.2, 0.25) is 0 Å². The zero-order valence-corrected chi connectivity index (χ0v) is 13.4. The van der Waals surface area contributed by atoms with E-state index in [0.29, 0.717) is 6.42 Å². The quantitative estimate of drug-likeness (QED) is 0.508. The smallest absolute Gasteiger partial charge is 0.303 e. The Kier molecular flexibility index (Phi) is 11.5. The highest BCUT2D eigenvalue weighted by atomic mass is 16.7. The summed E-state index contributed by atoms with van der Waals surface area (Å²) in [6.45, 7) is 1.69. The van der Waals surface area contributed by atoms with Gasteiger partial charge in [0.15, 0.2) is 6.29 Å². The van der Waals surface area contributed by atoms with Crippen LogP contribution in [0.1, 0.15) is 83.5 Å². The van der Waals surface area contributed by atoms with E-state index in [1.54, 1.807) is 0 Å². The van der Waals surface area contributed by atoms with Crippen LogP contribution in [-0.4, -0.2) is 30.6 Å². The first-order valence-electron chi connectivity index (χ1n) is 8.74. The molecule has 0 unspecified atom stereocenters. The molecule has 0 saturated carbocycles. The molecule has 0 aromatic carbocycles. The van der Waals surface area contributed by atoms with Crippen molar-refractivity contribution in [2.75, 3.05) is 13.2 Å². The van der Waals surface area contributed by atoms with Crippen LogP contribution in [0, 0.1) is 0 Å². The molecule has 4 nitrogen and oxygen atoms in total. The van der Waals surface area contributed by atoms with Crippen molar-refractivity contribution in [3.05, 3.63) is 0 Å². The van der Waals surface area contributed by atoms with E-state index in [0.717, 1.165) is 38.9 Å². The molecule has 1 aliphatic heterocycles. The van der Waals surface area contributed by atoms with Crippen molar-refractivity contribution in [1.29, 1.82) is 0 Å². The summed E-state index contributed by atoms with van der Waals surface area (Å²) < 4.78 is 11.2. The van der Waals surface area contributed by atoms with Crippen molar-refractivity contribution >= 4 is 5.97 Å². The Balaban J connectivity index is 1.71. The summed E-state index contributed by atoms with van der Waals surface area (Å²) in [5, 5.41) is 8.52. The van der Waals surface area contributed by atoms with Crippen LogP contribution in [-0.2, 0) is 14.3 Å². The molecule has 1 saturated heterocycles. The molecule has 0 aromatic rings. The molecule has 0 bridgehead atoms. The van der Waals surface area contributed by atoms with Crippen LogP contribution < -0.4 is 0 Å². The van der Waals surface area contributed by atoms with Gasteiger partial charge in [-0.2, -0.15) is 0 Å². The second-order valence-corrected chi connectivity index (χ2v) is 5.99. The van der Waals surface area contributed by atoms with Gasteiger partial charge in [-0.1, -0.05) is 44.9 Å². The minimum absolute atomic E-state index is 0.0598. The van der Waals surface area contributed by atoms with Gasteiger partial charge in [0, 0.05) is 19.6 Å². The largest absolute Gasteiger partial charge is 0.481 e. The van der Waals surface area contributed by atoms with Crippen molar-refractivity contribution < 1.29 is 19.4 Å². The third-order valence-corrected chi connectivity index (χ3v) is 3.98. The van der Waals surface area contributed by atoms with Crippen LogP contribution in [0.15, 0.2) is 0 Å². The lowest BCUT2D eigenvalue weighted by Gasteiger charge is -2.22. The molecule has 4 heteroatoms. The predicted octanol–water partition coefficient (Wildman–Crippen LogP) is 4.52. The molecule has 0 radical (unpaired) electrons. The van der Waals surface area contributed by atoms with Gasteiger partial charge in [0.25, 0.3) is 0 Å². The van der Waals surface area contributed by atoms with Gasteiger partial charge in [-0.05, 0) is 32.1 Å². The van der Waals surface area contributed by atoms with Crippen molar-refractivity contribution in [3.63, 3.8) is 0 Å². The summed E-state index contributed by atoms with van der Waals surface area (Å²) >= 11 is 0. The number of aliphatic carboxylic acids is 1. The molecule has 1 aliphatic rings. The fourth-order valence-electron chi connectivity index (χ4n) is 2.67. The average molecular weight is 300 g/mol. The number of carbonyl (C=O) groups is 1. The summed E-state index contributed by atoms with van der Waals surface area (Å²) in [7, 11) is 0. The zero-order chi connectivity index (χ0) is 15.2. The van der Waals surface area contributed by atoms with Gasteiger partial charge in [-0.25, -0.2) is 0 Å². The second-order valence-electron chi connectivity index (χ2n) is 5.99. The maximum Gasteiger partial charge on any atom is 0.303 e. The Morgan fingerprint density at radius 3 is 2.14 bits per heavy atom. The number of hydrogen-bond donors (Lipinski definition) is 1. The Morgan fingerprint density at radius 2 is 1.57 bits per heavy atom. The third-order valence-electron chi connectivity index (χ3n) is 3.98. The highest BCUT2D eigenvalue weighted by molar-refractivity contribution is 5.66. The minimum Gasteiger partial charge on any atom is -0.481 e. The van der Waals surface area contributed by atoms with Crippen LogP contribution >= 0.6 is 0 Å². The zero-order valence-electron chi connectivity index (χ0n) is 13.4. The van der Waals surface area contributed by atoms with E-state index >= 15 is 0 Å². The molecule has 0 aromatic heterocycles. The number of hydrogen-bond acceptors (Lipinski definition) is 3. The number of carboxylic acid groups (broad SMARTS) is 1. The summed E-state index contributed by atoms with van der Waals surface area (Å²) in [5.41, 5.74) is 0. The van der Waals surface area contributed by atoms with Crippen molar-refractivity contribution in [3.8, 4) is 0 Å². The number of unbranched alkanes of at least 4 members (excludes halogenated alkanes) is 8. The standard InChI is InChI=1S/C17H32O4/c18-16(19)12-8-6-4-2-1-3-5-7-10-14-20-17-13-9-11-15-21-17/h17H,1-15H2,(H,18,19)/t17-/m0/s1. The Bertz CT molecular complexity index is 249. The number of rotatable bonds is 13. The van der Waals surface area contributed by atoms with Gasteiger partial charge in [-0.3, -0.25) is 4.79 Å². The molecule has 0 spiro atoms.